The van der Waals surface area contributed by atoms with Gasteiger partial charge in [-0.25, -0.2) is 0 Å². The standard InChI is InChI=1S/C14H21N3O4S/c18-22(19,17-7-11-21-12-8-17)15-13-3-1-2-4-14(13)16-5-9-20-10-6-16/h1-4,15H,5-12H2. The minimum absolute atomic E-state index is 0.384. The van der Waals surface area contributed by atoms with E-state index in [1.807, 2.05) is 18.2 Å². The third kappa shape index (κ3) is 3.52. The smallest absolute Gasteiger partial charge is 0.301 e. The first-order valence-corrected chi connectivity index (χ1v) is 8.88. The molecule has 8 heteroatoms. The van der Waals surface area contributed by atoms with Crippen molar-refractivity contribution >= 4 is 21.6 Å². The Balaban J connectivity index is 1.79. The van der Waals surface area contributed by atoms with Gasteiger partial charge in [-0.15, -0.1) is 0 Å². The lowest BCUT2D eigenvalue weighted by Crippen LogP contribution is -2.44. The fourth-order valence-electron chi connectivity index (χ4n) is 2.63. The predicted molar refractivity (Wildman–Crippen MR) is 84.4 cm³/mol. The van der Waals surface area contributed by atoms with Gasteiger partial charge in [0.15, 0.2) is 0 Å². The zero-order valence-corrected chi connectivity index (χ0v) is 13.2. The molecule has 0 radical (unpaired) electrons. The molecule has 122 valence electrons. The first-order valence-electron chi connectivity index (χ1n) is 7.44. The lowest BCUT2D eigenvalue weighted by atomic mass is 10.2. The second-order valence-corrected chi connectivity index (χ2v) is 6.91. The monoisotopic (exact) mass is 327 g/mol. The summed E-state index contributed by atoms with van der Waals surface area (Å²) in [4.78, 5) is 2.14. The van der Waals surface area contributed by atoms with Crippen molar-refractivity contribution in [2.75, 3.05) is 62.2 Å². The van der Waals surface area contributed by atoms with E-state index < -0.39 is 10.2 Å². The maximum Gasteiger partial charge on any atom is 0.301 e. The highest BCUT2D eigenvalue weighted by molar-refractivity contribution is 7.90. The first kappa shape index (κ1) is 15.5. The first-order chi connectivity index (χ1) is 10.7. The van der Waals surface area contributed by atoms with Crippen LogP contribution in [0.2, 0.25) is 0 Å². The number of nitrogens with zero attached hydrogens (tertiary/aromatic N) is 2. The number of hydrogen-bond acceptors (Lipinski definition) is 5. The van der Waals surface area contributed by atoms with E-state index in [1.165, 1.54) is 4.31 Å². The van der Waals surface area contributed by atoms with Crippen LogP contribution in [0.1, 0.15) is 0 Å². The summed E-state index contributed by atoms with van der Waals surface area (Å²) in [7, 11) is -3.55. The third-order valence-corrected chi connectivity index (χ3v) is 5.33. The fraction of sp³-hybridized carbons (Fsp3) is 0.571. The number of anilines is 2. The summed E-state index contributed by atoms with van der Waals surface area (Å²) in [6.45, 7) is 4.48. The molecule has 0 aromatic heterocycles. The summed E-state index contributed by atoms with van der Waals surface area (Å²) in [6, 6.07) is 7.48. The van der Waals surface area contributed by atoms with Gasteiger partial charge in [-0.3, -0.25) is 4.72 Å². The van der Waals surface area contributed by atoms with Crippen molar-refractivity contribution in [2.45, 2.75) is 0 Å². The number of para-hydroxylation sites is 2. The van der Waals surface area contributed by atoms with Gasteiger partial charge >= 0.3 is 10.2 Å². The van der Waals surface area contributed by atoms with Gasteiger partial charge in [-0.05, 0) is 12.1 Å². The van der Waals surface area contributed by atoms with Crippen molar-refractivity contribution in [3.05, 3.63) is 24.3 Å². The topological polar surface area (TPSA) is 71.1 Å². The van der Waals surface area contributed by atoms with Crippen molar-refractivity contribution in [2.24, 2.45) is 0 Å². The van der Waals surface area contributed by atoms with Crippen molar-refractivity contribution < 1.29 is 17.9 Å². The normalized spacial score (nSPS) is 20.8. The van der Waals surface area contributed by atoms with Gasteiger partial charge in [0.1, 0.15) is 0 Å². The molecule has 2 aliphatic heterocycles. The molecule has 22 heavy (non-hydrogen) atoms. The van der Waals surface area contributed by atoms with Crippen molar-refractivity contribution in [3.63, 3.8) is 0 Å². The summed E-state index contributed by atoms with van der Waals surface area (Å²) in [5, 5.41) is 0. The molecule has 0 aliphatic carbocycles. The van der Waals surface area contributed by atoms with Gasteiger partial charge in [0.2, 0.25) is 0 Å². The van der Waals surface area contributed by atoms with Crippen LogP contribution < -0.4 is 9.62 Å². The molecule has 7 nitrogen and oxygen atoms in total. The SMILES string of the molecule is O=S(=O)(Nc1ccccc1N1CCOCC1)N1CCOCC1. The minimum atomic E-state index is -3.55. The fourth-order valence-corrected chi connectivity index (χ4v) is 3.84. The van der Waals surface area contributed by atoms with Crippen LogP contribution in [0.25, 0.3) is 0 Å². The molecule has 1 aromatic carbocycles. The Morgan fingerprint density at radius 1 is 0.909 bits per heavy atom. The van der Waals surface area contributed by atoms with E-state index >= 15 is 0 Å². The molecular formula is C14H21N3O4S. The third-order valence-electron chi connectivity index (χ3n) is 3.80. The molecule has 2 heterocycles. The van der Waals surface area contributed by atoms with Crippen LogP contribution in [-0.2, 0) is 19.7 Å². The molecule has 0 saturated carbocycles. The van der Waals surface area contributed by atoms with Crippen LogP contribution in [0, 0.1) is 0 Å². The molecule has 0 unspecified atom stereocenters. The van der Waals surface area contributed by atoms with Gasteiger partial charge in [0, 0.05) is 26.2 Å². The molecule has 2 fully saturated rings. The summed E-state index contributed by atoms with van der Waals surface area (Å²) >= 11 is 0. The molecule has 1 N–H and O–H groups in total. The molecule has 0 bridgehead atoms. The second-order valence-electron chi connectivity index (χ2n) is 5.24. The number of morpholine rings is 2. The number of hydrogen-bond donors (Lipinski definition) is 1. The zero-order chi connectivity index (χ0) is 15.4. The number of benzene rings is 1. The van der Waals surface area contributed by atoms with Crippen LogP contribution in [-0.4, -0.2) is 65.3 Å². The minimum Gasteiger partial charge on any atom is -0.379 e. The maximum absolute atomic E-state index is 12.5. The lowest BCUT2D eigenvalue weighted by Gasteiger charge is -2.31. The number of rotatable bonds is 4. The molecule has 0 amide bonds. The Hall–Kier alpha value is -1.35. The van der Waals surface area contributed by atoms with E-state index in [-0.39, 0.29) is 0 Å². The van der Waals surface area contributed by atoms with Crippen LogP contribution in [0.3, 0.4) is 0 Å². The Kier molecular flexibility index (Phi) is 4.82. The van der Waals surface area contributed by atoms with Gasteiger partial charge in [0.05, 0.1) is 37.8 Å². The zero-order valence-electron chi connectivity index (χ0n) is 12.4. The maximum atomic E-state index is 12.5. The number of nitrogens with one attached hydrogen (secondary N) is 1. The quantitative estimate of drug-likeness (QED) is 0.873. The summed E-state index contributed by atoms with van der Waals surface area (Å²) in [5.41, 5.74) is 1.50. The average Bonchev–Trinajstić information content (AvgIpc) is 2.57. The highest BCUT2D eigenvalue weighted by Gasteiger charge is 2.25. The van der Waals surface area contributed by atoms with Gasteiger partial charge in [0.25, 0.3) is 0 Å². The average molecular weight is 327 g/mol. The Morgan fingerprint density at radius 3 is 2.18 bits per heavy atom. The summed E-state index contributed by atoms with van der Waals surface area (Å²) < 4.78 is 39.7. The van der Waals surface area contributed by atoms with E-state index in [9.17, 15) is 8.42 Å². The van der Waals surface area contributed by atoms with Crippen LogP contribution in [0.5, 0.6) is 0 Å². The Morgan fingerprint density at radius 2 is 1.50 bits per heavy atom. The van der Waals surface area contributed by atoms with Crippen LogP contribution >= 0.6 is 0 Å². The highest BCUT2D eigenvalue weighted by atomic mass is 32.2. The van der Waals surface area contributed by atoms with E-state index in [1.54, 1.807) is 6.07 Å². The summed E-state index contributed by atoms with van der Waals surface area (Å²) in [6.07, 6.45) is 0. The van der Waals surface area contributed by atoms with Crippen molar-refractivity contribution in [1.29, 1.82) is 0 Å². The molecule has 0 spiro atoms. The van der Waals surface area contributed by atoms with E-state index in [4.69, 9.17) is 9.47 Å². The Bertz CT molecular complexity index is 596. The van der Waals surface area contributed by atoms with E-state index in [0.29, 0.717) is 45.2 Å². The van der Waals surface area contributed by atoms with E-state index in [2.05, 4.69) is 9.62 Å². The second kappa shape index (κ2) is 6.82. The van der Waals surface area contributed by atoms with Gasteiger partial charge in [-0.2, -0.15) is 12.7 Å². The molecule has 2 aliphatic rings. The predicted octanol–water partition coefficient (Wildman–Crippen LogP) is 0.512. The number of ether oxygens (including phenoxy) is 2. The molecule has 0 atom stereocenters. The van der Waals surface area contributed by atoms with E-state index in [0.717, 1.165) is 18.8 Å². The molecular weight excluding hydrogens is 306 g/mol. The van der Waals surface area contributed by atoms with Crippen molar-refractivity contribution in [1.82, 2.24) is 4.31 Å². The lowest BCUT2D eigenvalue weighted by molar-refractivity contribution is 0.0733. The van der Waals surface area contributed by atoms with Crippen LogP contribution in [0.15, 0.2) is 24.3 Å². The largest absolute Gasteiger partial charge is 0.379 e. The van der Waals surface area contributed by atoms with Gasteiger partial charge < -0.3 is 14.4 Å². The molecule has 2 saturated heterocycles. The van der Waals surface area contributed by atoms with Gasteiger partial charge in [-0.1, -0.05) is 12.1 Å². The van der Waals surface area contributed by atoms with Crippen molar-refractivity contribution in [3.8, 4) is 0 Å². The Labute approximate surface area is 131 Å². The molecule has 1 aromatic rings. The van der Waals surface area contributed by atoms with Crippen LogP contribution in [0.4, 0.5) is 11.4 Å². The highest BCUT2D eigenvalue weighted by Crippen LogP contribution is 2.27. The summed E-state index contributed by atoms with van der Waals surface area (Å²) in [5.74, 6) is 0. The molecule has 3 rings (SSSR count).